The number of benzene rings is 2. The summed E-state index contributed by atoms with van der Waals surface area (Å²) in [5.41, 5.74) is 4.62. The normalized spacial score (nSPS) is 15.6. The maximum atomic E-state index is 10.7. The molecule has 0 aliphatic carbocycles. The Kier molecular flexibility index (Phi) is 5.58. The van der Waals surface area contributed by atoms with Crippen LogP contribution in [0.3, 0.4) is 0 Å². The van der Waals surface area contributed by atoms with E-state index in [-0.39, 0.29) is 0 Å². The molecular formula is C23H25NO2S. The molecule has 1 aliphatic rings. The van der Waals surface area contributed by atoms with E-state index < -0.39 is 6.10 Å². The van der Waals surface area contributed by atoms with Gasteiger partial charge in [-0.2, -0.15) is 0 Å². The van der Waals surface area contributed by atoms with Crippen molar-refractivity contribution in [3.05, 3.63) is 87.1 Å². The largest absolute Gasteiger partial charge is 0.492 e. The molecule has 0 radical (unpaired) electrons. The van der Waals surface area contributed by atoms with E-state index in [9.17, 15) is 5.11 Å². The molecular weight excluding hydrogens is 354 g/mol. The number of aliphatic hydroxyl groups excluding tert-OH is 1. The monoisotopic (exact) mass is 379 g/mol. The zero-order valence-electron chi connectivity index (χ0n) is 15.6. The molecule has 2 aromatic carbocycles. The summed E-state index contributed by atoms with van der Waals surface area (Å²) >= 11 is 1.82. The molecule has 0 spiro atoms. The van der Waals surface area contributed by atoms with Crippen LogP contribution >= 0.6 is 11.3 Å². The van der Waals surface area contributed by atoms with E-state index in [0.717, 1.165) is 42.1 Å². The Morgan fingerprint density at radius 2 is 2.00 bits per heavy atom. The van der Waals surface area contributed by atoms with E-state index in [2.05, 4.69) is 41.5 Å². The van der Waals surface area contributed by atoms with Gasteiger partial charge in [0.15, 0.2) is 0 Å². The lowest BCUT2D eigenvalue weighted by molar-refractivity contribution is 0.178. The first-order chi connectivity index (χ1) is 13.2. The fourth-order valence-corrected chi connectivity index (χ4v) is 4.48. The van der Waals surface area contributed by atoms with E-state index in [1.165, 1.54) is 10.4 Å². The van der Waals surface area contributed by atoms with Gasteiger partial charge >= 0.3 is 0 Å². The van der Waals surface area contributed by atoms with Crippen LogP contribution < -0.4 is 4.74 Å². The van der Waals surface area contributed by atoms with Gasteiger partial charge in [-0.3, -0.25) is 4.90 Å². The molecule has 0 saturated carbocycles. The fraction of sp³-hybridized carbons (Fsp3) is 0.304. The van der Waals surface area contributed by atoms with Crippen LogP contribution in [0.15, 0.2) is 60.0 Å². The quantitative estimate of drug-likeness (QED) is 0.696. The molecule has 1 N–H and O–H groups in total. The van der Waals surface area contributed by atoms with Gasteiger partial charge in [0.25, 0.3) is 0 Å². The zero-order valence-corrected chi connectivity index (χ0v) is 16.4. The summed E-state index contributed by atoms with van der Waals surface area (Å²) in [4.78, 5) is 3.84. The van der Waals surface area contributed by atoms with Gasteiger partial charge in [0.1, 0.15) is 12.4 Å². The topological polar surface area (TPSA) is 32.7 Å². The standard InChI is InChI=1S/C23H25NO2S/c1-17-9-12-27-23(17)16-24-10-11-26-22-8-7-19(14-20(22)15-24)21(25)13-18-5-3-2-4-6-18/h2-9,12,14,21,25H,10-11,13,15-16H2,1H3. The van der Waals surface area contributed by atoms with Crippen LogP contribution in [0.25, 0.3) is 0 Å². The Bertz CT molecular complexity index is 890. The van der Waals surface area contributed by atoms with Gasteiger partial charge in [0.2, 0.25) is 0 Å². The summed E-state index contributed by atoms with van der Waals surface area (Å²) in [6.07, 6.45) is 0.118. The highest BCUT2D eigenvalue weighted by Crippen LogP contribution is 2.29. The summed E-state index contributed by atoms with van der Waals surface area (Å²) < 4.78 is 5.96. The summed E-state index contributed by atoms with van der Waals surface area (Å²) in [5, 5.41) is 12.9. The van der Waals surface area contributed by atoms with Crippen LogP contribution in [0, 0.1) is 6.92 Å². The van der Waals surface area contributed by atoms with Crippen LogP contribution in [0.1, 0.15) is 33.2 Å². The summed E-state index contributed by atoms with van der Waals surface area (Å²) in [7, 11) is 0. The molecule has 3 nitrogen and oxygen atoms in total. The minimum atomic E-state index is -0.506. The van der Waals surface area contributed by atoms with Gasteiger partial charge in [-0.15, -0.1) is 11.3 Å². The number of rotatable bonds is 5. The second kappa shape index (κ2) is 8.26. The van der Waals surface area contributed by atoms with Gasteiger partial charge in [0, 0.05) is 36.5 Å². The summed E-state index contributed by atoms with van der Waals surface area (Å²) in [6.45, 7) is 5.57. The summed E-state index contributed by atoms with van der Waals surface area (Å²) in [5.74, 6) is 0.941. The van der Waals surface area contributed by atoms with Crippen molar-refractivity contribution in [1.82, 2.24) is 4.90 Å². The minimum absolute atomic E-state index is 0.506. The Morgan fingerprint density at radius 3 is 2.78 bits per heavy atom. The highest BCUT2D eigenvalue weighted by Gasteiger charge is 2.19. The van der Waals surface area contributed by atoms with Crippen molar-refractivity contribution in [2.75, 3.05) is 13.2 Å². The average molecular weight is 380 g/mol. The number of aliphatic hydroxyl groups is 1. The van der Waals surface area contributed by atoms with Crippen LogP contribution in [-0.2, 0) is 19.5 Å². The molecule has 1 aromatic heterocycles. The lowest BCUT2D eigenvalue weighted by Crippen LogP contribution is -2.25. The Labute approximate surface area is 164 Å². The van der Waals surface area contributed by atoms with Crippen molar-refractivity contribution in [2.45, 2.75) is 32.5 Å². The van der Waals surface area contributed by atoms with E-state index in [4.69, 9.17) is 4.74 Å². The smallest absolute Gasteiger partial charge is 0.123 e. The first-order valence-corrected chi connectivity index (χ1v) is 10.3. The van der Waals surface area contributed by atoms with Crippen LogP contribution in [0.2, 0.25) is 0 Å². The number of fused-ring (bicyclic) bond motifs is 1. The van der Waals surface area contributed by atoms with E-state index in [1.54, 1.807) is 0 Å². The zero-order chi connectivity index (χ0) is 18.6. The Hall–Kier alpha value is -2.14. The molecule has 3 aromatic rings. The van der Waals surface area contributed by atoms with Crippen molar-refractivity contribution in [3.8, 4) is 5.75 Å². The molecule has 0 amide bonds. The third kappa shape index (κ3) is 4.41. The molecule has 1 atom stereocenters. The highest BCUT2D eigenvalue weighted by molar-refractivity contribution is 7.10. The van der Waals surface area contributed by atoms with Crippen LogP contribution in [0.4, 0.5) is 0 Å². The number of ether oxygens (including phenoxy) is 1. The molecule has 4 heteroatoms. The molecule has 2 heterocycles. The number of nitrogens with zero attached hydrogens (tertiary/aromatic N) is 1. The molecule has 1 unspecified atom stereocenters. The molecule has 0 saturated heterocycles. The molecule has 0 bridgehead atoms. The van der Waals surface area contributed by atoms with E-state index in [0.29, 0.717) is 13.0 Å². The van der Waals surface area contributed by atoms with Crippen molar-refractivity contribution in [3.63, 3.8) is 0 Å². The lowest BCUT2D eigenvalue weighted by atomic mass is 9.99. The Morgan fingerprint density at radius 1 is 1.15 bits per heavy atom. The highest BCUT2D eigenvalue weighted by atomic mass is 32.1. The van der Waals surface area contributed by atoms with E-state index in [1.807, 2.05) is 41.7 Å². The molecule has 4 rings (SSSR count). The van der Waals surface area contributed by atoms with Crippen molar-refractivity contribution >= 4 is 11.3 Å². The van der Waals surface area contributed by atoms with Crippen molar-refractivity contribution in [1.29, 1.82) is 0 Å². The number of hydrogen-bond donors (Lipinski definition) is 1. The minimum Gasteiger partial charge on any atom is -0.492 e. The first kappa shape index (κ1) is 18.2. The third-order valence-corrected chi connectivity index (χ3v) is 6.14. The van der Waals surface area contributed by atoms with Gasteiger partial charge in [-0.05, 0) is 47.2 Å². The van der Waals surface area contributed by atoms with Gasteiger partial charge in [0.05, 0.1) is 6.10 Å². The predicted molar refractivity (Wildman–Crippen MR) is 110 cm³/mol. The fourth-order valence-electron chi connectivity index (χ4n) is 3.54. The van der Waals surface area contributed by atoms with Crippen LogP contribution in [-0.4, -0.2) is 23.2 Å². The van der Waals surface area contributed by atoms with Gasteiger partial charge in [-0.25, -0.2) is 0 Å². The average Bonchev–Trinajstić information content (AvgIpc) is 2.97. The number of thiophene rings is 1. The second-order valence-corrected chi connectivity index (χ2v) is 8.16. The van der Waals surface area contributed by atoms with Crippen molar-refractivity contribution < 1.29 is 9.84 Å². The Balaban J connectivity index is 1.51. The first-order valence-electron chi connectivity index (χ1n) is 9.42. The maximum absolute atomic E-state index is 10.7. The predicted octanol–water partition coefficient (Wildman–Crippen LogP) is 4.73. The van der Waals surface area contributed by atoms with Crippen LogP contribution in [0.5, 0.6) is 5.75 Å². The number of aryl methyl sites for hydroxylation is 1. The van der Waals surface area contributed by atoms with Gasteiger partial charge < -0.3 is 9.84 Å². The summed E-state index contributed by atoms with van der Waals surface area (Å²) in [6, 6.07) is 18.4. The third-order valence-electron chi connectivity index (χ3n) is 5.14. The maximum Gasteiger partial charge on any atom is 0.123 e. The van der Waals surface area contributed by atoms with Gasteiger partial charge in [-0.1, -0.05) is 36.4 Å². The lowest BCUT2D eigenvalue weighted by Gasteiger charge is -2.19. The number of hydrogen-bond acceptors (Lipinski definition) is 4. The van der Waals surface area contributed by atoms with Crippen molar-refractivity contribution in [2.24, 2.45) is 0 Å². The molecule has 0 fully saturated rings. The molecule has 1 aliphatic heterocycles. The SMILES string of the molecule is Cc1ccsc1CN1CCOc2ccc(C(O)Cc3ccccc3)cc2C1. The van der Waals surface area contributed by atoms with E-state index >= 15 is 0 Å². The molecule has 27 heavy (non-hydrogen) atoms. The molecule has 140 valence electrons. The second-order valence-electron chi connectivity index (χ2n) is 7.16.